The second-order valence-electron chi connectivity index (χ2n) is 3.21. The standard InChI is InChI=1S/C10H7F3N4/c11-5-1-7(12)9(8(13)2-5)17-10-15-3-6(14)4-16-10/h1-4H,14H2,(H,15,16,17). The highest BCUT2D eigenvalue weighted by molar-refractivity contribution is 5.55. The van der Waals surface area contributed by atoms with Crippen LogP contribution < -0.4 is 11.1 Å². The van der Waals surface area contributed by atoms with Gasteiger partial charge in [0.15, 0.2) is 11.6 Å². The van der Waals surface area contributed by atoms with Crippen molar-refractivity contribution >= 4 is 17.3 Å². The summed E-state index contributed by atoms with van der Waals surface area (Å²) in [5.74, 6) is -3.17. The molecule has 7 heteroatoms. The number of nitrogens with two attached hydrogens (primary N) is 1. The molecule has 0 aliphatic rings. The maximum atomic E-state index is 13.3. The van der Waals surface area contributed by atoms with Crippen LogP contribution in [0.4, 0.5) is 30.5 Å². The van der Waals surface area contributed by atoms with Gasteiger partial charge in [-0.1, -0.05) is 0 Å². The molecule has 1 heterocycles. The number of rotatable bonds is 2. The topological polar surface area (TPSA) is 63.8 Å². The Labute approximate surface area is 94.3 Å². The average molecular weight is 240 g/mol. The van der Waals surface area contributed by atoms with Gasteiger partial charge in [-0.3, -0.25) is 0 Å². The highest BCUT2D eigenvalue weighted by atomic mass is 19.1. The molecule has 88 valence electrons. The average Bonchev–Trinajstić information content (AvgIpc) is 2.26. The lowest BCUT2D eigenvalue weighted by molar-refractivity contribution is 0.548. The van der Waals surface area contributed by atoms with Crippen molar-refractivity contribution in [2.24, 2.45) is 0 Å². The molecule has 0 saturated heterocycles. The van der Waals surface area contributed by atoms with Crippen LogP contribution in [0.1, 0.15) is 0 Å². The molecule has 2 rings (SSSR count). The van der Waals surface area contributed by atoms with Crippen molar-refractivity contribution in [2.45, 2.75) is 0 Å². The van der Waals surface area contributed by atoms with Gasteiger partial charge in [0, 0.05) is 12.1 Å². The minimum atomic E-state index is -1.07. The summed E-state index contributed by atoms with van der Waals surface area (Å²) in [6.45, 7) is 0. The Morgan fingerprint density at radius 1 is 1.00 bits per heavy atom. The number of nitrogen functional groups attached to an aromatic ring is 1. The normalized spacial score (nSPS) is 10.3. The summed E-state index contributed by atoms with van der Waals surface area (Å²) in [6.07, 6.45) is 2.54. The van der Waals surface area contributed by atoms with E-state index in [4.69, 9.17) is 5.73 Å². The van der Waals surface area contributed by atoms with Crippen molar-refractivity contribution in [1.82, 2.24) is 9.97 Å². The molecule has 0 atom stereocenters. The number of nitrogens with zero attached hydrogens (tertiary/aromatic N) is 2. The minimum absolute atomic E-state index is 0.0383. The Bertz CT molecular complexity index is 519. The Hall–Kier alpha value is -2.31. The Kier molecular flexibility index (Phi) is 2.82. The largest absolute Gasteiger partial charge is 0.396 e. The first-order chi connectivity index (χ1) is 8.06. The summed E-state index contributed by atoms with van der Waals surface area (Å²) in [5, 5.41) is 2.30. The molecule has 17 heavy (non-hydrogen) atoms. The summed E-state index contributed by atoms with van der Waals surface area (Å²) < 4.78 is 39.2. The number of nitrogens with one attached hydrogen (secondary N) is 1. The molecule has 3 N–H and O–H groups in total. The highest BCUT2D eigenvalue weighted by Crippen LogP contribution is 2.22. The van der Waals surface area contributed by atoms with Gasteiger partial charge in [-0.25, -0.2) is 23.1 Å². The molecule has 2 aromatic rings. The van der Waals surface area contributed by atoms with Gasteiger partial charge < -0.3 is 11.1 Å². The molecule has 0 spiro atoms. The van der Waals surface area contributed by atoms with Gasteiger partial charge in [-0.2, -0.15) is 0 Å². The van der Waals surface area contributed by atoms with E-state index in [1.165, 1.54) is 12.4 Å². The zero-order chi connectivity index (χ0) is 12.4. The summed E-state index contributed by atoms with van der Waals surface area (Å²) in [6, 6.07) is 1.12. The molecule has 0 saturated carbocycles. The van der Waals surface area contributed by atoms with Crippen molar-refractivity contribution in [1.29, 1.82) is 0 Å². The van der Waals surface area contributed by atoms with Crippen LogP contribution in [0.5, 0.6) is 0 Å². The fourth-order valence-corrected chi connectivity index (χ4v) is 1.18. The van der Waals surface area contributed by atoms with Gasteiger partial charge in [-0.15, -0.1) is 0 Å². The molecule has 0 unspecified atom stereocenters. The highest BCUT2D eigenvalue weighted by Gasteiger charge is 2.12. The zero-order valence-corrected chi connectivity index (χ0v) is 8.42. The minimum Gasteiger partial charge on any atom is -0.396 e. The summed E-state index contributed by atoms with van der Waals surface area (Å²) in [5.41, 5.74) is 5.15. The lowest BCUT2D eigenvalue weighted by Crippen LogP contribution is -2.02. The monoisotopic (exact) mass is 240 g/mol. The van der Waals surface area contributed by atoms with Gasteiger partial charge >= 0.3 is 0 Å². The van der Waals surface area contributed by atoms with E-state index in [1.807, 2.05) is 0 Å². The lowest BCUT2D eigenvalue weighted by Gasteiger charge is -2.07. The molecule has 0 fully saturated rings. The first kappa shape index (κ1) is 11.2. The van der Waals surface area contributed by atoms with Crippen molar-refractivity contribution in [2.75, 3.05) is 11.1 Å². The van der Waals surface area contributed by atoms with E-state index in [-0.39, 0.29) is 5.95 Å². The van der Waals surface area contributed by atoms with Gasteiger partial charge in [0.1, 0.15) is 11.5 Å². The van der Waals surface area contributed by atoms with E-state index in [1.54, 1.807) is 0 Å². The third-order valence-electron chi connectivity index (χ3n) is 1.92. The molecule has 0 aliphatic carbocycles. The van der Waals surface area contributed by atoms with Crippen LogP contribution in [0.15, 0.2) is 24.5 Å². The van der Waals surface area contributed by atoms with Crippen molar-refractivity contribution in [3.05, 3.63) is 42.0 Å². The predicted molar refractivity (Wildman–Crippen MR) is 56.0 cm³/mol. The van der Waals surface area contributed by atoms with E-state index in [0.29, 0.717) is 17.8 Å². The predicted octanol–water partition coefficient (Wildman–Crippen LogP) is 2.22. The zero-order valence-electron chi connectivity index (χ0n) is 8.42. The van der Waals surface area contributed by atoms with E-state index >= 15 is 0 Å². The second-order valence-corrected chi connectivity index (χ2v) is 3.21. The van der Waals surface area contributed by atoms with E-state index in [0.717, 1.165) is 0 Å². The number of anilines is 3. The number of hydrogen-bond donors (Lipinski definition) is 2. The molecule has 0 radical (unpaired) electrons. The van der Waals surface area contributed by atoms with Crippen LogP contribution in [0, 0.1) is 17.5 Å². The molecule has 1 aromatic heterocycles. The summed E-state index contributed by atoms with van der Waals surface area (Å²) >= 11 is 0. The van der Waals surface area contributed by atoms with E-state index in [2.05, 4.69) is 15.3 Å². The van der Waals surface area contributed by atoms with Crippen molar-refractivity contribution in [3.8, 4) is 0 Å². The summed E-state index contributed by atoms with van der Waals surface area (Å²) in [7, 11) is 0. The first-order valence-electron chi connectivity index (χ1n) is 4.55. The number of aromatic nitrogens is 2. The fraction of sp³-hybridized carbons (Fsp3) is 0. The summed E-state index contributed by atoms with van der Waals surface area (Å²) in [4.78, 5) is 7.41. The Balaban J connectivity index is 2.33. The molecule has 0 amide bonds. The van der Waals surface area contributed by atoms with Crippen LogP contribution in [-0.2, 0) is 0 Å². The first-order valence-corrected chi connectivity index (χ1v) is 4.55. The lowest BCUT2D eigenvalue weighted by atomic mass is 10.3. The van der Waals surface area contributed by atoms with E-state index in [9.17, 15) is 13.2 Å². The van der Waals surface area contributed by atoms with Crippen LogP contribution in [0.25, 0.3) is 0 Å². The Morgan fingerprint density at radius 3 is 2.06 bits per heavy atom. The quantitative estimate of drug-likeness (QED) is 0.844. The molecule has 4 nitrogen and oxygen atoms in total. The third kappa shape index (κ3) is 2.44. The van der Waals surface area contributed by atoms with Crippen LogP contribution >= 0.6 is 0 Å². The van der Waals surface area contributed by atoms with Crippen LogP contribution in [0.3, 0.4) is 0 Å². The molecule has 1 aromatic carbocycles. The molecular weight excluding hydrogens is 233 g/mol. The van der Waals surface area contributed by atoms with Gasteiger partial charge in [0.2, 0.25) is 5.95 Å². The number of hydrogen-bond acceptors (Lipinski definition) is 4. The Morgan fingerprint density at radius 2 is 1.53 bits per heavy atom. The third-order valence-corrected chi connectivity index (χ3v) is 1.92. The maximum absolute atomic E-state index is 13.3. The fourth-order valence-electron chi connectivity index (χ4n) is 1.18. The SMILES string of the molecule is Nc1cnc(Nc2c(F)cc(F)cc2F)nc1. The van der Waals surface area contributed by atoms with E-state index < -0.39 is 23.1 Å². The second kappa shape index (κ2) is 4.28. The van der Waals surface area contributed by atoms with Crippen molar-refractivity contribution < 1.29 is 13.2 Å². The van der Waals surface area contributed by atoms with Crippen molar-refractivity contribution in [3.63, 3.8) is 0 Å². The van der Waals surface area contributed by atoms with Crippen LogP contribution in [0.2, 0.25) is 0 Å². The smallest absolute Gasteiger partial charge is 0.227 e. The van der Waals surface area contributed by atoms with Gasteiger partial charge in [0.25, 0.3) is 0 Å². The van der Waals surface area contributed by atoms with Crippen LogP contribution in [-0.4, -0.2) is 9.97 Å². The number of halogens is 3. The maximum Gasteiger partial charge on any atom is 0.227 e. The molecule has 0 bridgehead atoms. The number of benzene rings is 1. The molecular formula is C10H7F3N4. The molecule has 0 aliphatic heterocycles. The van der Waals surface area contributed by atoms with Gasteiger partial charge in [-0.05, 0) is 0 Å². The van der Waals surface area contributed by atoms with Gasteiger partial charge in [0.05, 0.1) is 18.1 Å².